The maximum atomic E-state index is 13.1. The van der Waals surface area contributed by atoms with Gasteiger partial charge in [0.25, 0.3) is 0 Å². The molecule has 3 N–H and O–H groups in total. The number of benzene rings is 1. The minimum Gasteiger partial charge on any atom is -0.338 e. The molecule has 2 amide bonds. The fourth-order valence-electron chi connectivity index (χ4n) is 2.03. The van der Waals surface area contributed by atoms with Gasteiger partial charge in [-0.2, -0.15) is 13.2 Å². The normalized spacial score (nSPS) is 14.1. The summed E-state index contributed by atoms with van der Waals surface area (Å²) in [6.45, 7) is 0. The second-order valence-electron chi connectivity index (χ2n) is 5.49. The maximum Gasteiger partial charge on any atom is 0.418 e. The average Bonchev–Trinajstić information content (AvgIpc) is 3.34. The van der Waals surface area contributed by atoms with Gasteiger partial charge in [0.2, 0.25) is 0 Å². The van der Waals surface area contributed by atoms with E-state index in [0.717, 1.165) is 18.9 Å². The topological polar surface area (TPSA) is 78.9 Å². The van der Waals surface area contributed by atoms with Gasteiger partial charge in [-0.25, -0.2) is 4.79 Å². The minimum atomic E-state index is -4.57. The van der Waals surface area contributed by atoms with Crippen LogP contribution in [-0.4, -0.2) is 22.3 Å². The van der Waals surface area contributed by atoms with Crippen molar-refractivity contribution in [3.05, 3.63) is 40.9 Å². The molecule has 0 spiro atoms. The van der Waals surface area contributed by atoms with Crippen LogP contribution in [0.5, 0.6) is 0 Å². The first-order chi connectivity index (χ1) is 11.8. The number of hydrogen-bond donors (Lipinski definition) is 3. The number of rotatable bonds is 4. The van der Waals surface area contributed by atoms with E-state index in [4.69, 9.17) is 11.6 Å². The fourth-order valence-corrected chi connectivity index (χ4v) is 2.20. The van der Waals surface area contributed by atoms with Crippen LogP contribution >= 0.6 is 11.6 Å². The van der Waals surface area contributed by atoms with Gasteiger partial charge in [0.15, 0.2) is 11.6 Å². The Morgan fingerprint density at radius 2 is 1.80 bits per heavy atom. The number of aromatic nitrogens is 2. The zero-order valence-corrected chi connectivity index (χ0v) is 13.4. The third-order valence-corrected chi connectivity index (χ3v) is 3.60. The molecule has 132 valence electrons. The Morgan fingerprint density at radius 1 is 1.12 bits per heavy atom. The molecule has 1 saturated carbocycles. The molecule has 0 unspecified atom stereocenters. The van der Waals surface area contributed by atoms with Crippen molar-refractivity contribution in [3.63, 3.8) is 0 Å². The second kappa shape index (κ2) is 6.75. The van der Waals surface area contributed by atoms with Crippen molar-refractivity contribution >= 4 is 35.0 Å². The lowest BCUT2D eigenvalue weighted by molar-refractivity contribution is -0.136. The van der Waals surface area contributed by atoms with E-state index in [1.54, 1.807) is 0 Å². The standard InChI is InChI=1S/C15H13ClF3N5O/c16-8-1-4-11(10(7-8)15(17,18)19)21-12-5-6-13(24-23-12)22-14(25)20-9-2-3-9/h1,4-7,9H,2-3H2,(H,21,23)(H2,20,22,24,25). The fraction of sp³-hybridized carbons (Fsp3) is 0.267. The summed E-state index contributed by atoms with van der Waals surface area (Å²) in [5.41, 5.74) is -1.11. The van der Waals surface area contributed by atoms with Crippen LogP contribution in [0.3, 0.4) is 0 Å². The van der Waals surface area contributed by atoms with E-state index in [0.29, 0.717) is 0 Å². The summed E-state index contributed by atoms with van der Waals surface area (Å²) in [5.74, 6) is 0.289. The number of urea groups is 1. The van der Waals surface area contributed by atoms with E-state index in [1.165, 1.54) is 24.3 Å². The largest absolute Gasteiger partial charge is 0.418 e. The number of amides is 2. The Kier molecular flexibility index (Phi) is 4.67. The van der Waals surface area contributed by atoms with Gasteiger partial charge in [0.05, 0.1) is 11.3 Å². The number of nitrogens with zero attached hydrogens (tertiary/aromatic N) is 2. The van der Waals surface area contributed by atoms with E-state index in [1.807, 2.05) is 0 Å². The Balaban J connectivity index is 1.70. The highest BCUT2D eigenvalue weighted by Gasteiger charge is 2.34. The maximum absolute atomic E-state index is 13.1. The van der Waals surface area contributed by atoms with Gasteiger partial charge < -0.3 is 10.6 Å². The number of alkyl halides is 3. The van der Waals surface area contributed by atoms with Crippen LogP contribution < -0.4 is 16.0 Å². The van der Waals surface area contributed by atoms with E-state index >= 15 is 0 Å². The number of nitrogens with one attached hydrogen (secondary N) is 3. The number of carbonyl (C=O) groups is 1. The van der Waals surface area contributed by atoms with Crippen molar-refractivity contribution < 1.29 is 18.0 Å². The van der Waals surface area contributed by atoms with E-state index in [2.05, 4.69) is 26.1 Å². The molecule has 1 fully saturated rings. The van der Waals surface area contributed by atoms with Crippen LogP contribution in [0, 0.1) is 0 Å². The van der Waals surface area contributed by atoms with Crippen molar-refractivity contribution in [2.24, 2.45) is 0 Å². The van der Waals surface area contributed by atoms with E-state index < -0.39 is 17.8 Å². The van der Waals surface area contributed by atoms with E-state index in [-0.39, 0.29) is 28.4 Å². The minimum absolute atomic E-state index is 0.0230. The summed E-state index contributed by atoms with van der Waals surface area (Å²) >= 11 is 5.63. The van der Waals surface area contributed by atoms with Crippen LogP contribution in [0.2, 0.25) is 5.02 Å². The Bertz CT molecular complexity index is 778. The van der Waals surface area contributed by atoms with Crippen LogP contribution in [0.25, 0.3) is 0 Å². The van der Waals surface area contributed by atoms with Crippen molar-refractivity contribution in [3.8, 4) is 0 Å². The van der Waals surface area contributed by atoms with Gasteiger partial charge in [0, 0.05) is 11.1 Å². The number of hydrogen-bond acceptors (Lipinski definition) is 4. The van der Waals surface area contributed by atoms with Crippen LogP contribution in [0.4, 0.5) is 35.3 Å². The molecule has 1 heterocycles. The smallest absolute Gasteiger partial charge is 0.338 e. The van der Waals surface area contributed by atoms with Crippen LogP contribution in [-0.2, 0) is 6.18 Å². The zero-order chi connectivity index (χ0) is 18.0. The van der Waals surface area contributed by atoms with Crippen molar-refractivity contribution in [1.82, 2.24) is 15.5 Å². The predicted octanol–water partition coefficient (Wildman–Crippen LogP) is 4.18. The molecule has 1 aromatic carbocycles. The first kappa shape index (κ1) is 17.3. The number of carbonyl (C=O) groups excluding carboxylic acids is 1. The highest BCUT2D eigenvalue weighted by molar-refractivity contribution is 6.30. The molecule has 2 aromatic rings. The van der Waals surface area contributed by atoms with Gasteiger partial charge in [0.1, 0.15) is 0 Å². The lowest BCUT2D eigenvalue weighted by atomic mass is 10.1. The van der Waals surface area contributed by atoms with Crippen LogP contribution in [0.15, 0.2) is 30.3 Å². The molecule has 0 atom stereocenters. The van der Waals surface area contributed by atoms with Gasteiger partial charge in [-0.1, -0.05) is 11.6 Å². The lowest BCUT2D eigenvalue weighted by Crippen LogP contribution is -2.30. The third-order valence-electron chi connectivity index (χ3n) is 3.37. The Morgan fingerprint density at radius 3 is 2.40 bits per heavy atom. The molecule has 10 heteroatoms. The van der Waals surface area contributed by atoms with Crippen molar-refractivity contribution in [2.75, 3.05) is 10.6 Å². The molecule has 1 aliphatic rings. The molecule has 0 saturated heterocycles. The molecule has 25 heavy (non-hydrogen) atoms. The molecular weight excluding hydrogens is 359 g/mol. The summed E-state index contributed by atoms with van der Waals surface area (Å²) in [6, 6.07) is 6.02. The van der Waals surface area contributed by atoms with Gasteiger partial charge in [-0.05, 0) is 43.2 Å². The third kappa shape index (κ3) is 4.72. The van der Waals surface area contributed by atoms with Crippen molar-refractivity contribution in [1.29, 1.82) is 0 Å². The monoisotopic (exact) mass is 371 g/mol. The first-order valence-corrected chi connectivity index (χ1v) is 7.74. The van der Waals surface area contributed by atoms with Crippen LogP contribution in [0.1, 0.15) is 18.4 Å². The summed E-state index contributed by atoms with van der Waals surface area (Å²) in [4.78, 5) is 11.6. The summed E-state index contributed by atoms with van der Waals surface area (Å²) < 4.78 is 39.2. The van der Waals surface area contributed by atoms with Crippen molar-refractivity contribution in [2.45, 2.75) is 25.1 Å². The quantitative estimate of drug-likeness (QED) is 0.753. The number of anilines is 3. The Labute approximate surface area is 145 Å². The summed E-state index contributed by atoms with van der Waals surface area (Å²) in [5, 5.41) is 15.3. The molecular formula is C15H13ClF3N5O. The average molecular weight is 372 g/mol. The molecule has 3 rings (SSSR count). The molecule has 6 nitrogen and oxygen atoms in total. The van der Waals surface area contributed by atoms with Gasteiger partial charge in [-0.15, -0.1) is 10.2 Å². The predicted molar refractivity (Wildman–Crippen MR) is 86.9 cm³/mol. The molecule has 1 aromatic heterocycles. The Hall–Kier alpha value is -2.55. The molecule has 0 aliphatic heterocycles. The SMILES string of the molecule is O=C(Nc1ccc(Nc2ccc(Cl)cc2C(F)(F)F)nn1)NC1CC1. The molecule has 0 radical (unpaired) electrons. The van der Waals surface area contributed by atoms with E-state index in [9.17, 15) is 18.0 Å². The highest BCUT2D eigenvalue weighted by atomic mass is 35.5. The molecule has 1 aliphatic carbocycles. The first-order valence-electron chi connectivity index (χ1n) is 7.36. The van der Waals surface area contributed by atoms with Gasteiger partial charge >= 0.3 is 12.2 Å². The second-order valence-corrected chi connectivity index (χ2v) is 5.93. The van der Waals surface area contributed by atoms with Gasteiger partial charge in [-0.3, -0.25) is 5.32 Å². The highest BCUT2D eigenvalue weighted by Crippen LogP contribution is 2.37. The zero-order valence-electron chi connectivity index (χ0n) is 12.7. The number of halogens is 4. The molecule has 0 bridgehead atoms. The lowest BCUT2D eigenvalue weighted by Gasteiger charge is -2.14. The summed E-state index contributed by atoms with van der Waals surface area (Å²) in [7, 11) is 0. The summed E-state index contributed by atoms with van der Waals surface area (Å²) in [6.07, 6.45) is -2.67.